The molecular formula is C17H23ClN2O3. The highest BCUT2D eigenvalue weighted by Gasteiger charge is 2.17. The molecule has 1 aliphatic heterocycles. The van der Waals surface area contributed by atoms with E-state index in [4.69, 9.17) is 16.3 Å². The number of amides is 2. The third kappa shape index (κ3) is 5.22. The van der Waals surface area contributed by atoms with Gasteiger partial charge in [-0.3, -0.25) is 9.59 Å². The van der Waals surface area contributed by atoms with Crippen molar-refractivity contribution in [3.63, 3.8) is 0 Å². The average molecular weight is 339 g/mol. The van der Waals surface area contributed by atoms with E-state index in [1.807, 2.05) is 13.8 Å². The van der Waals surface area contributed by atoms with Crippen LogP contribution in [0.15, 0.2) is 18.2 Å². The van der Waals surface area contributed by atoms with Gasteiger partial charge in [0.25, 0.3) is 5.91 Å². The van der Waals surface area contributed by atoms with Gasteiger partial charge in [-0.05, 0) is 37.5 Å². The van der Waals surface area contributed by atoms with E-state index in [0.717, 1.165) is 25.9 Å². The smallest absolute Gasteiger partial charge is 0.252 e. The first-order valence-electron chi connectivity index (χ1n) is 7.97. The summed E-state index contributed by atoms with van der Waals surface area (Å²) in [7, 11) is 0. The number of ether oxygens (including phenoxy) is 1. The molecule has 1 aromatic carbocycles. The van der Waals surface area contributed by atoms with Gasteiger partial charge in [0, 0.05) is 24.8 Å². The number of hydrogen-bond acceptors (Lipinski definition) is 3. The van der Waals surface area contributed by atoms with Gasteiger partial charge >= 0.3 is 0 Å². The molecule has 2 N–H and O–H groups in total. The predicted octanol–water partition coefficient (Wildman–Crippen LogP) is 3.23. The van der Waals surface area contributed by atoms with E-state index in [9.17, 15) is 9.59 Å². The molecule has 0 spiro atoms. The Kier molecular flexibility index (Phi) is 6.42. The van der Waals surface area contributed by atoms with Gasteiger partial charge in [0.05, 0.1) is 16.7 Å². The first-order chi connectivity index (χ1) is 11.0. The lowest BCUT2D eigenvalue weighted by molar-refractivity contribution is -0.118. The number of nitrogens with one attached hydrogen (secondary N) is 2. The summed E-state index contributed by atoms with van der Waals surface area (Å²) in [5, 5.41) is 5.98. The Hall–Kier alpha value is -1.59. The largest absolute Gasteiger partial charge is 0.378 e. The SMILES string of the molecule is CC(C)C(=O)Nc1ccc(Cl)c(C(=O)NCC[C@@H]2CCCO2)c1. The zero-order valence-corrected chi connectivity index (χ0v) is 14.3. The maximum Gasteiger partial charge on any atom is 0.252 e. The highest BCUT2D eigenvalue weighted by Crippen LogP contribution is 2.21. The van der Waals surface area contributed by atoms with Crippen LogP contribution in [0.5, 0.6) is 0 Å². The minimum absolute atomic E-state index is 0.0999. The maximum absolute atomic E-state index is 12.3. The van der Waals surface area contributed by atoms with Crippen LogP contribution in [0.2, 0.25) is 5.02 Å². The quantitative estimate of drug-likeness (QED) is 0.836. The summed E-state index contributed by atoms with van der Waals surface area (Å²) >= 11 is 6.10. The number of benzene rings is 1. The summed E-state index contributed by atoms with van der Waals surface area (Å²) in [4.78, 5) is 24.0. The topological polar surface area (TPSA) is 67.4 Å². The first-order valence-corrected chi connectivity index (χ1v) is 8.35. The second-order valence-corrected chi connectivity index (χ2v) is 6.43. The van der Waals surface area contributed by atoms with Gasteiger partial charge in [0.1, 0.15) is 0 Å². The summed E-state index contributed by atoms with van der Waals surface area (Å²) in [6.07, 6.45) is 3.17. The molecule has 0 aromatic heterocycles. The monoisotopic (exact) mass is 338 g/mol. The van der Waals surface area contributed by atoms with Crippen LogP contribution < -0.4 is 10.6 Å². The van der Waals surface area contributed by atoms with E-state index < -0.39 is 0 Å². The van der Waals surface area contributed by atoms with Crippen LogP contribution in [0.4, 0.5) is 5.69 Å². The summed E-state index contributed by atoms with van der Waals surface area (Å²) < 4.78 is 5.52. The van der Waals surface area contributed by atoms with E-state index in [1.165, 1.54) is 0 Å². The zero-order chi connectivity index (χ0) is 16.8. The molecule has 5 nitrogen and oxygen atoms in total. The van der Waals surface area contributed by atoms with Crippen LogP contribution >= 0.6 is 11.6 Å². The van der Waals surface area contributed by atoms with E-state index in [2.05, 4.69) is 10.6 Å². The Morgan fingerprint density at radius 3 is 2.83 bits per heavy atom. The molecule has 2 amide bonds. The van der Waals surface area contributed by atoms with E-state index in [0.29, 0.717) is 22.8 Å². The van der Waals surface area contributed by atoms with Crippen molar-refractivity contribution in [1.82, 2.24) is 5.32 Å². The number of anilines is 1. The van der Waals surface area contributed by atoms with Crippen LogP contribution in [0.3, 0.4) is 0 Å². The Morgan fingerprint density at radius 2 is 2.17 bits per heavy atom. The van der Waals surface area contributed by atoms with Crippen molar-refractivity contribution in [2.75, 3.05) is 18.5 Å². The first kappa shape index (κ1) is 17.8. The standard InChI is InChI=1S/C17H23ClN2O3/c1-11(2)16(21)20-12-5-6-15(18)14(10-12)17(22)19-8-7-13-4-3-9-23-13/h5-6,10-11,13H,3-4,7-9H2,1-2H3,(H,19,22)(H,20,21)/t13-/m0/s1. The van der Waals surface area contributed by atoms with Gasteiger partial charge in [-0.15, -0.1) is 0 Å². The highest BCUT2D eigenvalue weighted by molar-refractivity contribution is 6.34. The second-order valence-electron chi connectivity index (χ2n) is 6.02. The predicted molar refractivity (Wildman–Crippen MR) is 90.8 cm³/mol. The lowest BCUT2D eigenvalue weighted by Crippen LogP contribution is -2.27. The lowest BCUT2D eigenvalue weighted by Gasteiger charge is -2.12. The van der Waals surface area contributed by atoms with Crippen LogP contribution in [0, 0.1) is 5.92 Å². The molecule has 0 unspecified atom stereocenters. The van der Waals surface area contributed by atoms with Gasteiger partial charge < -0.3 is 15.4 Å². The fraction of sp³-hybridized carbons (Fsp3) is 0.529. The molecule has 23 heavy (non-hydrogen) atoms. The Morgan fingerprint density at radius 1 is 1.39 bits per heavy atom. The van der Waals surface area contributed by atoms with Crippen molar-refractivity contribution in [3.8, 4) is 0 Å². The van der Waals surface area contributed by atoms with Crippen molar-refractivity contribution >= 4 is 29.1 Å². The molecular weight excluding hydrogens is 316 g/mol. The van der Waals surface area contributed by atoms with E-state index in [1.54, 1.807) is 18.2 Å². The lowest BCUT2D eigenvalue weighted by atomic mass is 10.1. The molecule has 1 atom stereocenters. The van der Waals surface area contributed by atoms with Crippen molar-refractivity contribution in [2.24, 2.45) is 5.92 Å². The molecule has 1 fully saturated rings. The summed E-state index contributed by atoms with van der Waals surface area (Å²) in [5.41, 5.74) is 0.929. The van der Waals surface area contributed by atoms with Crippen molar-refractivity contribution in [1.29, 1.82) is 0 Å². The average Bonchev–Trinajstić information content (AvgIpc) is 3.02. The Balaban J connectivity index is 1.93. The molecule has 0 bridgehead atoms. The van der Waals surface area contributed by atoms with Crippen molar-refractivity contribution in [2.45, 2.75) is 39.2 Å². The van der Waals surface area contributed by atoms with Crippen LogP contribution in [0.25, 0.3) is 0 Å². The van der Waals surface area contributed by atoms with Gasteiger partial charge in [-0.25, -0.2) is 0 Å². The summed E-state index contributed by atoms with van der Waals surface area (Å²) in [6.45, 7) is 4.97. The van der Waals surface area contributed by atoms with Gasteiger partial charge in [-0.2, -0.15) is 0 Å². The van der Waals surface area contributed by atoms with Crippen LogP contribution in [-0.4, -0.2) is 31.1 Å². The van der Waals surface area contributed by atoms with Crippen LogP contribution in [0.1, 0.15) is 43.5 Å². The minimum atomic E-state index is -0.242. The van der Waals surface area contributed by atoms with E-state index in [-0.39, 0.29) is 23.8 Å². The molecule has 2 rings (SSSR count). The van der Waals surface area contributed by atoms with Gasteiger partial charge in [-0.1, -0.05) is 25.4 Å². The third-order valence-electron chi connectivity index (χ3n) is 3.78. The molecule has 1 saturated heterocycles. The van der Waals surface area contributed by atoms with Crippen molar-refractivity contribution < 1.29 is 14.3 Å². The molecule has 126 valence electrons. The molecule has 1 aliphatic rings. The molecule has 1 heterocycles. The maximum atomic E-state index is 12.3. The molecule has 0 aliphatic carbocycles. The van der Waals surface area contributed by atoms with E-state index >= 15 is 0 Å². The fourth-order valence-corrected chi connectivity index (χ4v) is 2.58. The number of rotatable bonds is 6. The van der Waals surface area contributed by atoms with Gasteiger partial charge in [0.2, 0.25) is 5.91 Å². The number of carbonyl (C=O) groups is 2. The zero-order valence-electron chi connectivity index (χ0n) is 13.5. The minimum Gasteiger partial charge on any atom is -0.378 e. The second kappa shape index (κ2) is 8.31. The number of hydrogen-bond donors (Lipinski definition) is 2. The third-order valence-corrected chi connectivity index (χ3v) is 4.11. The molecule has 1 aromatic rings. The number of carbonyl (C=O) groups excluding carboxylic acids is 2. The summed E-state index contributed by atoms with van der Waals surface area (Å²) in [5.74, 6) is -0.472. The fourth-order valence-electron chi connectivity index (χ4n) is 2.38. The Labute approximate surface area is 141 Å². The molecule has 6 heteroatoms. The molecule has 0 radical (unpaired) electrons. The number of halogens is 1. The van der Waals surface area contributed by atoms with Crippen molar-refractivity contribution in [3.05, 3.63) is 28.8 Å². The normalized spacial score (nSPS) is 17.3. The molecule has 0 saturated carbocycles. The Bertz CT molecular complexity index is 569. The van der Waals surface area contributed by atoms with Crippen LogP contribution in [-0.2, 0) is 9.53 Å². The summed E-state index contributed by atoms with van der Waals surface area (Å²) in [6, 6.07) is 4.91. The highest BCUT2D eigenvalue weighted by atomic mass is 35.5. The van der Waals surface area contributed by atoms with Gasteiger partial charge in [0.15, 0.2) is 0 Å².